The van der Waals surface area contributed by atoms with Gasteiger partial charge in [-0.1, -0.05) is 24.3 Å². The summed E-state index contributed by atoms with van der Waals surface area (Å²) < 4.78 is 0. The first kappa shape index (κ1) is 11.9. The van der Waals surface area contributed by atoms with E-state index in [0.29, 0.717) is 25.2 Å². The van der Waals surface area contributed by atoms with Crippen molar-refractivity contribution in [2.45, 2.75) is 32.6 Å². The quantitative estimate of drug-likeness (QED) is 0.724. The highest BCUT2D eigenvalue weighted by molar-refractivity contribution is 5.81. The van der Waals surface area contributed by atoms with Crippen molar-refractivity contribution < 1.29 is 4.79 Å². The van der Waals surface area contributed by atoms with Gasteiger partial charge in [-0.25, -0.2) is 0 Å². The van der Waals surface area contributed by atoms with Gasteiger partial charge in [0.1, 0.15) is 5.78 Å². The topological polar surface area (TPSA) is 43.1 Å². The maximum atomic E-state index is 11.6. The normalized spacial score (nSPS) is 10.3. The summed E-state index contributed by atoms with van der Waals surface area (Å²) in [5.41, 5.74) is 7.73. The average molecular weight is 205 g/mol. The second kappa shape index (κ2) is 6.36. The van der Waals surface area contributed by atoms with Crippen LogP contribution in [0.15, 0.2) is 24.3 Å². The molecule has 15 heavy (non-hydrogen) atoms. The Balaban J connectivity index is 2.41. The summed E-state index contributed by atoms with van der Waals surface area (Å²) in [6.07, 6.45) is 3.09. The van der Waals surface area contributed by atoms with Crippen LogP contribution in [0.2, 0.25) is 0 Å². The van der Waals surface area contributed by atoms with Crippen LogP contribution in [0.4, 0.5) is 0 Å². The largest absolute Gasteiger partial charge is 0.330 e. The van der Waals surface area contributed by atoms with Crippen LogP contribution in [0.25, 0.3) is 0 Å². The lowest BCUT2D eigenvalue weighted by Crippen LogP contribution is -2.05. The Bertz CT molecular complexity index is 320. The maximum absolute atomic E-state index is 11.6. The third-order valence-electron chi connectivity index (χ3n) is 2.56. The highest BCUT2D eigenvalue weighted by atomic mass is 16.1. The second-order valence-corrected chi connectivity index (χ2v) is 3.89. The van der Waals surface area contributed by atoms with Crippen LogP contribution < -0.4 is 5.73 Å². The Morgan fingerprint density at radius 1 is 1.27 bits per heavy atom. The molecule has 0 bridgehead atoms. The summed E-state index contributed by atoms with van der Waals surface area (Å²) in [6.45, 7) is 2.72. The molecular formula is C13H19NO. The molecule has 0 spiro atoms. The minimum Gasteiger partial charge on any atom is -0.330 e. The van der Waals surface area contributed by atoms with Gasteiger partial charge in [-0.3, -0.25) is 4.79 Å². The molecule has 0 saturated carbocycles. The zero-order valence-electron chi connectivity index (χ0n) is 9.33. The van der Waals surface area contributed by atoms with E-state index in [1.54, 1.807) is 0 Å². The minimum atomic E-state index is 0.317. The number of hydrogen-bond acceptors (Lipinski definition) is 2. The van der Waals surface area contributed by atoms with Crippen LogP contribution in [-0.4, -0.2) is 12.3 Å². The van der Waals surface area contributed by atoms with Gasteiger partial charge in [0, 0.05) is 12.8 Å². The molecule has 0 aromatic heterocycles. The monoisotopic (exact) mass is 205 g/mol. The molecule has 0 unspecified atom stereocenters. The van der Waals surface area contributed by atoms with Gasteiger partial charge in [-0.15, -0.1) is 0 Å². The molecule has 0 saturated heterocycles. The minimum absolute atomic E-state index is 0.317. The predicted octanol–water partition coefficient (Wildman–Crippen LogP) is 2.24. The molecule has 1 aromatic carbocycles. The summed E-state index contributed by atoms with van der Waals surface area (Å²) in [4.78, 5) is 11.6. The van der Waals surface area contributed by atoms with Crippen LogP contribution >= 0.6 is 0 Å². The average Bonchev–Trinajstić information content (AvgIpc) is 2.22. The van der Waals surface area contributed by atoms with Gasteiger partial charge < -0.3 is 5.73 Å². The van der Waals surface area contributed by atoms with E-state index in [1.165, 1.54) is 5.56 Å². The van der Waals surface area contributed by atoms with Crippen molar-refractivity contribution in [2.75, 3.05) is 6.54 Å². The smallest absolute Gasteiger partial charge is 0.137 e. The number of unbranched alkanes of at least 4 members (excludes halogenated alkanes) is 1. The van der Waals surface area contributed by atoms with Crippen molar-refractivity contribution >= 4 is 5.78 Å². The predicted molar refractivity (Wildman–Crippen MR) is 62.8 cm³/mol. The molecule has 82 valence electrons. The highest BCUT2D eigenvalue weighted by Gasteiger charge is 2.04. The van der Waals surface area contributed by atoms with Gasteiger partial charge in [0.05, 0.1) is 0 Å². The van der Waals surface area contributed by atoms with Crippen LogP contribution in [0, 0.1) is 6.92 Å². The molecule has 0 atom stereocenters. The highest BCUT2D eigenvalue weighted by Crippen LogP contribution is 2.09. The summed E-state index contributed by atoms with van der Waals surface area (Å²) in [5, 5.41) is 0. The fourth-order valence-corrected chi connectivity index (χ4v) is 1.58. The van der Waals surface area contributed by atoms with E-state index in [-0.39, 0.29) is 0 Å². The molecule has 0 radical (unpaired) electrons. The van der Waals surface area contributed by atoms with E-state index in [0.717, 1.165) is 18.4 Å². The molecule has 0 heterocycles. The number of rotatable bonds is 6. The molecular weight excluding hydrogens is 186 g/mol. The molecule has 2 heteroatoms. The van der Waals surface area contributed by atoms with Crippen LogP contribution in [0.3, 0.4) is 0 Å². The molecule has 1 rings (SSSR count). The molecule has 0 aliphatic heterocycles. The number of Topliss-reactive ketones (excluding diaryl/α,β-unsaturated/α-hetero) is 1. The number of carbonyl (C=O) groups excluding carboxylic acids is 1. The van der Waals surface area contributed by atoms with E-state index in [1.807, 2.05) is 31.2 Å². The number of carbonyl (C=O) groups is 1. The van der Waals surface area contributed by atoms with Crippen molar-refractivity contribution in [3.8, 4) is 0 Å². The Kier molecular flexibility index (Phi) is 5.05. The van der Waals surface area contributed by atoms with Crippen molar-refractivity contribution in [1.29, 1.82) is 0 Å². The van der Waals surface area contributed by atoms with Crippen molar-refractivity contribution in [2.24, 2.45) is 5.73 Å². The lowest BCUT2D eigenvalue weighted by molar-refractivity contribution is -0.118. The molecule has 2 nitrogen and oxygen atoms in total. The summed E-state index contributed by atoms with van der Waals surface area (Å²) >= 11 is 0. The summed E-state index contributed by atoms with van der Waals surface area (Å²) in [7, 11) is 0. The molecule has 0 aliphatic carbocycles. The SMILES string of the molecule is Cc1ccccc1CC(=O)CCCCN. The Hall–Kier alpha value is -1.15. The Morgan fingerprint density at radius 3 is 2.67 bits per heavy atom. The van der Waals surface area contributed by atoms with Gasteiger partial charge >= 0.3 is 0 Å². The third-order valence-corrected chi connectivity index (χ3v) is 2.56. The first-order valence-corrected chi connectivity index (χ1v) is 5.50. The first-order valence-electron chi connectivity index (χ1n) is 5.50. The molecule has 0 fully saturated rings. The molecule has 1 aromatic rings. The van der Waals surface area contributed by atoms with Gasteiger partial charge in [0.25, 0.3) is 0 Å². The fourth-order valence-electron chi connectivity index (χ4n) is 1.58. The van der Waals surface area contributed by atoms with E-state index in [9.17, 15) is 4.79 Å². The Morgan fingerprint density at radius 2 is 2.00 bits per heavy atom. The van der Waals surface area contributed by atoms with Crippen LogP contribution in [-0.2, 0) is 11.2 Å². The van der Waals surface area contributed by atoms with E-state index >= 15 is 0 Å². The lowest BCUT2D eigenvalue weighted by atomic mass is 10.0. The maximum Gasteiger partial charge on any atom is 0.137 e. The molecule has 2 N–H and O–H groups in total. The van der Waals surface area contributed by atoms with Gasteiger partial charge in [-0.2, -0.15) is 0 Å². The summed E-state index contributed by atoms with van der Waals surface area (Å²) in [6, 6.07) is 8.05. The number of nitrogens with two attached hydrogens (primary N) is 1. The number of benzene rings is 1. The van der Waals surface area contributed by atoms with Crippen LogP contribution in [0.5, 0.6) is 0 Å². The Labute approximate surface area is 91.5 Å². The van der Waals surface area contributed by atoms with Crippen molar-refractivity contribution in [1.82, 2.24) is 0 Å². The first-order chi connectivity index (χ1) is 7.24. The van der Waals surface area contributed by atoms with Crippen LogP contribution in [0.1, 0.15) is 30.4 Å². The zero-order chi connectivity index (χ0) is 11.1. The molecule has 0 aliphatic rings. The third kappa shape index (κ3) is 4.26. The van der Waals surface area contributed by atoms with Gasteiger partial charge in [0.15, 0.2) is 0 Å². The number of ketones is 1. The van der Waals surface area contributed by atoms with Gasteiger partial charge in [0.2, 0.25) is 0 Å². The van der Waals surface area contributed by atoms with Gasteiger partial charge in [-0.05, 0) is 37.4 Å². The summed E-state index contributed by atoms with van der Waals surface area (Å²) in [5.74, 6) is 0.317. The number of aryl methyl sites for hydroxylation is 1. The fraction of sp³-hybridized carbons (Fsp3) is 0.462. The zero-order valence-corrected chi connectivity index (χ0v) is 9.33. The second-order valence-electron chi connectivity index (χ2n) is 3.89. The van der Waals surface area contributed by atoms with E-state index in [4.69, 9.17) is 5.73 Å². The number of hydrogen-bond donors (Lipinski definition) is 1. The van der Waals surface area contributed by atoms with Crippen molar-refractivity contribution in [3.63, 3.8) is 0 Å². The van der Waals surface area contributed by atoms with E-state index in [2.05, 4.69) is 0 Å². The molecule has 0 amide bonds. The standard InChI is InChI=1S/C13H19NO/c1-11-6-2-3-7-12(11)10-13(15)8-4-5-9-14/h2-3,6-7H,4-5,8-10,14H2,1H3. The lowest BCUT2D eigenvalue weighted by Gasteiger charge is -2.04. The van der Waals surface area contributed by atoms with E-state index < -0.39 is 0 Å². The van der Waals surface area contributed by atoms with Crippen molar-refractivity contribution in [3.05, 3.63) is 35.4 Å².